The van der Waals surface area contributed by atoms with Gasteiger partial charge < -0.3 is 16.0 Å². The van der Waals surface area contributed by atoms with Crippen molar-refractivity contribution >= 4 is 11.6 Å². The number of anilines is 1. The Labute approximate surface area is 105 Å². The number of carbonyl (C=O) groups excluding carboxylic acids is 1. The molecule has 0 aliphatic carbocycles. The van der Waals surface area contributed by atoms with E-state index in [0.29, 0.717) is 18.7 Å². The monoisotopic (exact) mass is 245 g/mol. The van der Waals surface area contributed by atoms with Crippen molar-refractivity contribution in [3.05, 3.63) is 23.5 Å². The molecule has 94 valence electrons. The van der Waals surface area contributed by atoms with Crippen LogP contribution >= 0.6 is 0 Å². The summed E-state index contributed by atoms with van der Waals surface area (Å²) in [7, 11) is 0. The van der Waals surface area contributed by atoms with E-state index in [9.17, 15) is 4.79 Å². The summed E-state index contributed by atoms with van der Waals surface area (Å²) in [5.41, 5.74) is 7.48. The zero-order valence-corrected chi connectivity index (χ0v) is 10.2. The third kappa shape index (κ3) is 2.41. The molecule has 1 fully saturated rings. The summed E-state index contributed by atoms with van der Waals surface area (Å²) >= 11 is 0. The Morgan fingerprint density at radius 1 is 1.72 bits per heavy atom. The van der Waals surface area contributed by atoms with Crippen LogP contribution in [0.2, 0.25) is 0 Å². The molecule has 0 aromatic carbocycles. The molecule has 1 aromatic heterocycles. The molecule has 18 heavy (non-hydrogen) atoms. The van der Waals surface area contributed by atoms with Crippen LogP contribution in [-0.2, 0) is 4.79 Å². The van der Waals surface area contributed by atoms with Gasteiger partial charge in [0, 0.05) is 31.5 Å². The molecule has 6 nitrogen and oxygen atoms in total. The molecular formula is C12H15N5O. The molecule has 2 rings (SSSR count). The van der Waals surface area contributed by atoms with Gasteiger partial charge in [-0.15, -0.1) is 0 Å². The minimum atomic E-state index is -0.376. The first-order chi connectivity index (χ1) is 8.61. The van der Waals surface area contributed by atoms with Gasteiger partial charge in [-0.05, 0) is 13.0 Å². The summed E-state index contributed by atoms with van der Waals surface area (Å²) < 4.78 is 0. The lowest BCUT2D eigenvalue weighted by Crippen LogP contribution is -2.56. The Hall–Kier alpha value is -2.13. The molecule has 1 saturated heterocycles. The molecule has 0 spiro atoms. The first kappa shape index (κ1) is 12.3. The summed E-state index contributed by atoms with van der Waals surface area (Å²) in [5.74, 6) is -0.371. The fourth-order valence-electron chi connectivity index (χ4n) is 2.05. The molecule has 2 heterocycles. The number of aryl methyl sites for hydroxylation is 1. The smallest absolute Gasteiger partial charge is 0.236 e. The minimum Gasteiger partial charge on any atom is -0.368 e. The quantitative estimate of drug-likeness (QED) is 0.734. The lowest BCUT2D eigenvalue weighted by Gasteiger charge is -2.34. The van der Waals surface area contributed by atoms with Crippen LogP contribution in [0, 0.1) is 18.3 Å². The van der Waals surface area contributed by atoms with E-state index in [1.54, 1.807) is 6.20 Å². The topological polar surface area (TPSA) is 95.0 Å². The Morgan fingerprint density at radius 3 is 3.17 bits per heavy atom. The molecule has 3 N–H and O–H groups in total. The van der Waals surface area contributed by atoms with Crippen molar-refractivity contribution in [2.24, 2.45) is 5.73 Å². The lowest BCUT2D eigenvalue weighted by molar-refractivity contribution is -0.120. The van der Waals surface area contributed by atoms with E-state index in [2.05, 4.69) is 16.4 Å². The Morgan fingerprint density at radius 2 is 2.50 bits per heavy atom. The van der Waals surface area contributed by atoms with Gasteiger partial charge in [-0.25, -0.2) is 0 Å². The lowest BCUT2D eigenvalue weighted by atomic mass is 10.1. The van der Waals surface area contributed by atoms with E-state index < -0.39 is 0 Å². The molecule has 1 unspecified atom stereocenters. The van der Waals surface area contributed by atoms with Crippen LogP contribution < -0.4 is 16.0 Å². The molecule has 1 amide bonds. The number of piperazine rings is 1. The number of nitrogens with one attached hydrogen (secondary N) is 1. The standard InChI is InChI=1S/C12H15N5O/c1-8-4-11(9(5-13)6-16-8)17-3-2-15-10(7-17)12(14)18/h4,6,10,15H,2-3,7H2,1H3,(H2,14,18). The van der Waals surface area contributed by atoms with Crippen LogP contribution in [0.1, 0.15) is 11.3 Å². The Bertz CT molecular complexity index is 508. The number of amides is 1. The minimum absolute atomic E-state index is 0.371. The van der Waals surface area contributed by atoms with Gasteiger partial charge in [-0.1, -0.05) is 0 Å². The first-order valence-electron chi connectivity index (χ1n) is 5.76. The number of hydrogen-bond donors (Lipinski definition) is 2. The predicted molar refractivity (Wildman–Crippen MR) is 66.9 cm³/mol. The maximum absolute atomic E-state index is 11.2. The van der Waals surface area contributed by atoms with Crippen LogP contribution in [0.4, 0.5) is 5.69 Å². The molecule has 0 bridgehead atoms. The molecule has 1 aliphatic heterocycles. The van der Waals surface area contributed by atoms with Gasteiger partial charge in [0.15, 0.2) is 0 Å². The van der Waals surface area contributed by atoms with Crippen molar-refractivity contribution < 1.29 is 4.79 Å². The van der Waals surface area contributed by atoms with Gasteiger partial charge in [0.25, 0.3) is 0 Å². The van der Waals surface area contributed by atoms with Gasteiger partial charge in [0.05, 0.1) is 11.3 Å². The van der Waals surface area contributed by atoms with E-state index in [0.717, 1.165) is 17.9 Å². The second-order valence-corrected chi connectivity index (χ2v) is 4.31. The number of pyridine rings is 1. The second kappa shape index (κ2) is 5.02. The van der Waals surface area contributed by atoms with Gasteiger partial charge in [-0.3, -0.25) is 9.78 Å². The summed E-state index contributed by atoms with van der Waals surface area (Å²) in [6.45, 7) is 3.76. The maximum Gasteiger partial charge on any atom is 0.236 e. The van der Waals surface area contributed by atoms with Crippen molar-refractivity contribution in [1.29, 1.82) is 5.26 Å². The molecule has 0 saturated carbocycles. The predicted octanol–water partition coefficient (Wildman–Crippen LogP) is -0.475. The van der Waals surface area contributed by atoms with Crippen LogP contribution in [0.5, 0.6) is 0 Å². The van der Waals surface area contributed by atoms with Gasteiger partial charge in [0.1, 0.15) is 12.1 Å². The van der Waals surface area contributed by atoms with Crippen molar-refractivity contribution in [2.75, 3.05) is 24.5 Å². The average molecular weight is 245 g/mol. The third-order valence-corrected chi connectivity index (χ3v) is 3.00. The Kier molecular flexibility index (Phi) is 3.44. The zero-order valence-electron chi connectivity index (χ0n) is 10.2. The summed E-state index contributed by atoms with van der Waals surface area (Å²) in [5, 5.41) is 12.1. The molecule has 6 heteroatoms. The zero-order chi connectivity index (χ0) is 13.1. The molecule has 1 atom stereocenters. The van der Waals surface area contributed by atoms with Gasteiger partial charge in [-0.2, -0.15) is 5.26 Å². The van der Waals surface area contributed by atoms with E-state index in [1.807, 2.05) is 17.9 Å². The van der Waals surface area contributed by atoms with Crippen molar-refractivity contribution in [3.63, 3.8) is 0 Å². The summed E-state index contributed by atoms with van der Waals surface area (Å²) in [4.78, 5) is 17.3. The third-order valence-electron chi connectivity index (χ3n) is 3.00. The summed E-state index contributed by atoms with van der Waals surface area (Å²) in [6.07, 6.45) is 1.56. The highest BCUT2D eigenvalue weighted by Gasteiger charge is 2.25. The van der Waals surface area contributed by atoms with Crippen LogP contribution in [0.15, 0.2) is 12.3 Å². The van der Waals surface area contributed by atoms with Gasteiger partial charge >= 0.3 is 0 Å². The second-order valence-electron chi connectivity index (χ2n) is 4.31. The van der Waals surface area contributed by atoms with Crippen LogP contribution in [-0.4, -0.2) is 36.6 Å². The van der Waals surface area contributed by atoms with Crippen LogP contribution in [0.25, 0.3) is 0 Å². The number of rotatable bonds is 2. The highest BCUT2D eigenvalue weighted by molar-refractivity contribution is 5.81. The van der Waals surface area contributed by atoms with Crippen molar-refractivity contribution in [1.82, 2.24) is 10.3 Å². The fourth-order valence-corrected chi connectivity index (χ4v) is 2.05. The highest BCUT2D eigenvalue weighted by Crippen LogP contribution is 2.21. The summed E-state index contributed by atoms with van der Waals surface area (Å²) in [6, 6.07) is 3.61. The molecular weight excluding hydrogens is 230 g/mol. The number of hydrogen-bond acceptors (Lipinski definition) is 5. The normalized spacial score (nSPS) is 19.3. The SMILES string of the molecule is Cc1cc(N2CCNC(C(N)=O)C2)c(C#N)cn1. The number of carbonyl (C=O) groups is 1. The van der Waals surface area contributed by atoms with E-state index in [1.165, 1.54) is 0 Å². The number of primary amides is 1. The highest BCUT2D eigenvalue weighted by atomic mass is 16.1. The van der Waals surface area contributed by atoms with Crippen molar-refractivity contribution in [2.45, 2.75) is 13.0 Å². The Balaban J connectivity index is 2.28. The molecule has 1 aliphatic rings. The van der Waals surface area contributed by atoms with Crippen LogP contribution in [0.3, 0.4) is 0 Å². The number of nitrogens with two attached hydrogens (primary N) is 1. The molecule has 0 radical (unpaired) electrons. The number of nitriles is 1. The largest absolute Gasteiger partial charge is 0.368 e. The van der Waals surface area contributed by atoms with E-state index >= 15 is 0 Å². The first-order valence-corrected chi connectivity index (χ1v) is 5.76. The number of nitrogens with zero attached hydrogens (tertiary/aromatic N) is 3. The van der Waals surface area contributed by atoms with E-state index in [4.69, 9.17) is 11.0 Å². The van der Waals surface area contributed by atoms with Crippen molar-refractivity contribution in [3.8, 4) is 6.07 Å². The maximum atomic E-state index is 11.2. The molecule has 1 aromatic rings. The average Bonchev–Trinajstić information content (AvgIpc) is 2.39. The fraction of sp³-hybridized carbons (Fsp3) is 0.417. The number of aromatic nitrogens is 1. The van der Waals surface area contributed by atoms with Gasteiger partial charge in [0.2, 0.25) is 5.91 Å². The van der Waals surface area contributed by atoms with E-state index in [-0.39, 0.29) is 11.9 Å².